The van der Waals surface area contributed by atoms with Gasteiger partial charge in [-0.3, -0.25) is 4.79 Å². The number of carbonyl (C=O) groups excluding carboxylic acids is 1. The molecule has 0 amide bonds. The molecule has 1 rings (SSSR count). The molecule has 0 fully saturated rings. The summed E-state index contributed by atoms with van der Waals surface area (Å²) in [5, 5.41) is 10.2. The van der Waals surface area contributed by atoms with Gasteiger partial charge in [0.15, 0.2) is 0 Å². The maximum atomic E-state index is 10.7. The molecule has 0 atom stereocenters. The van der Waals surface area contributed by atoms with E-state index in [0.717, 1.165) is 4.57 Å². The van der Waals surface area contributed by atoms with Crippen LogP contribution in [0, 0.1) is 10.1 Å². The van der Waals surface area contributed by atoms with E-state index in [2.05, 4.69) is 4.98 Å². The number of aromatic nitrogens is 2. The number of nitro groups is 1. The molecule has 0 bridgehead atoms. The van der Waals surface area contributed by atoms with Gasteiger partial charge < -0.3 is 10.1 Å². The summed E-state index contributed by atoms with van der Waals surface area (Å²) in [5.74, 6) is -0.869. The van der Waals surface area contributed by atoms with Crippen molar-refractivity contribution >= 4 is 11.9 Å². The molecule has 0 aromatic carbocycles. The molecular formula is C5H5N3O3. The summed E-state index contributed by atoms with van der Waals surface area (Å²) in [6.07, 6.45) is 2.46. The van der Waals surface area contributed by atoms with E-state index in [-0.39, 0.29) is 0 Å². The van der Waals surface area contributed by atoms with Crippen molar-refractivity contribution in [1.29, 1.82) is 0 Å². The molecule has 0 aliphatic carbocycles. The van der Waals surface area contributed by atoms with Crippen molar-refractivity contribution in [2.75, 3.05) is 0 Å². The SMILES string of the molecule is CC(=O)n1ccnc1[N+](=O)[O-]. The smallest absolute Gasteiger partial charge is 0.390 e. The zero-order valence-corrected chi connectivity index (χ0v) is 5.72. The van der Waals surface area contributed by atoms with Crippen LogP contribution in [0.2, 0.25) is 0 Å². The maximum absolute atomic E-state index is 10.7. The fraction of sp³-hybridized carbons (Fsp3) is 0.200. The van der Waals surface area contributed by atoms with Crippen LogP contribution in [0.25, 0.3) is 0 Å². The van der Waals surface area contributed by atoms with Gasteiger partial charge in [0.05, 0.1) is 0 Å². The van der Waals surface area contributed by atoms with Gasteiger partial charge >= 0.3 is 5.95 Å². The molecule has 1 heterocycles. The van der Waals surface area contributed by atoms with Gasteiger partial charge in [-0.25, -0.2) is 0 Å². The summed E-state index contributed by atoms with van der Waals surface area (Å²) in [6, 6.07) is 0. The number of imidazole rings is 1. The van der Waals surface area contributed by atoms with Crippen molar-refractivity contribution in [1.82, 2.24) is 9.55 Å². The van der Waals surface area contributed by atoms with Crippen LogP contribution in [-0.4, -0.2) is 20.4 Å². The lowest BCUT2D eigenvalue weighted by Gasteiger charge is -1.93. The van der Waals surface area contributed by atoms with Gasteiger partial charge in [-0.2, -0.15) is 4.57 Å². The molecule has 0 saturated carbocycles. The predicted molar refractivity (Wildman–Crippen MR) is 35.2 cm³/mol. The van der Waals surface area contributed by atoms with Crippen molar-refractivity contribution in [2.24, 2.45) is 0 Å². The third-order valence-electron chi connectivity index (χ3n) is 1.12. The monoisotopic (exact) mass is 155 g/mol. The Hall–Kier alpha value is -1.72. The first-order chi connectivity index (χ1) is 5.13. The quantitative estimate of drug-likeness (QED) is 0.435. The average Bonchev–Trinajstić information content (AvgIpc) is 2.32. The summed E-state index contributed by atoms with van der Waals surface area (Å²) in [5.41, 5.74) is 0. The minimum atomic E-state index is -0.707. The van der Waals surface area contributed by atoms with E-state index >= 15 is 0 Å². The Morgan fingerprint density at radius 2 is 2.45 bits per heavy atom. The van der Waals surface area contributed by atoms with Crippen molar-refractivity contribution in [3.63, 3.8) is 0 Å². The van der Waals surface area contributed by atoms with Gasteiger partial charge in [0.1, 0.15) is 12.4 Å². The van der Waals surface area contributed by atoms with Crippen LogP contribution in [0.4, 0.5) is 5.95 Å². The second-order valence-electron chi connectivity index (χ2n) is 1.87. The van der Waals surface area contributed by atoms with Crippen molar-refractivity contribution < 1.29 is 9.72 Å². The van der Waals surface area contributed by atoms with Gasteiger partial charge in [-0.15, -0.1) is 0 Å². The van der Waals surface area contributed by atoms with E-state index in [9.17, 15) is 14.9 Å². The second-order valence-corrected chi connectivity index (χ2v) is 1.87. The summed E-state index contributed by atoms with van der Waals surface area (Å²) >= 11 is 0. The highest BCUT2D eigenvalue weighted by Crippen LogP contribution is 2.05. The zero-order chi connectivity index (χ0) is 8.43. The second kappa shape index (κ2) is 2.49. The Morgan fingerprint density at radius 1 is 1.82 bits per heavy atom. The van der Waals surface area contributed by atoms with Crippen LogP contribution in [0.5, 0.6) is 0 Å². The van der Waals surface area contributed by atoms with Crippen LogP contribution >= 0.6 is 0 Å². The van der Waals surface area contributed by atoms with E-state index in [1.165, 1.54) is 19.3 Å². The topological polar surface area (TPSA) is 78.0 Å². The van der Waals surface area contributed by atoms with Crippen molar-refractivity contribution in [3.05, 3.63) is 22.5 Å². The number of hydrogen-bond donors (Lipinski definition) is 0. The first kappa shape index (κ1) is 7.39. The minimum absolute atomic E-state index is 0.422. The van der Waals surface area contributed by atoms with Gasteiger partial charge in [0.25, 0.3) is 5.91 Å². The Kier molecular flexibility index (Phi) is 1.67. The lowest BCUT2D eigenvalue weighted by atomic mass is 10.7. The molecule has 0 aliphatic heterocycles. The summed E-state index contributed by atoms with van der Waals surface area (Å²) in [6.45, 7) is 1.23. The van der Waals surface area contributed by atoms with Crippen LogP contribution in [-0.2, 0) is 0 Å². The third kappa shape index (κ3) is 1.23. The number of rotatable bonds is 1. The molecule has 0 spiro atoms. The third-order valence-corrected chi connectivity index (χ3v) is 1.12. The highest BCUT2D eigenvalue weighted by Gasteiger charge is 2.16. The molecule has 6 nitrogen and oxygen atoms in total. The van der Waals surface area contributed by atoms with Gasteiger partial charge in [0.2, 0.25) is 0 Å². The lowest BCUT2D eigenvalue weighted by molar-refractivity contribution is -0.395. The van der Waals surface area contributed by atoms with Gasteiger partial charge in [-0.1, -0.05) is 4.98 Å². The number of nitrogens with zero attached hydrogens (tertiary/aromatic N) is 3. The molecule has 0 radical (unpaired) electrons. The standard InChI is InChI=1S/C5H5N3O3/c1-4(9)7-3-2-6-5(7)8(10)11/h2-3H,1H3. The molecule has 1 aromatic heterocycles. The summed E-state index contributed by atoms with van der Waals surface area (Å²) < 4.78 is 0.875. The summed E-state index contributed by atoms with van der Waals surface area (Å²) in [4.78, 5) is 23.5. The van der Waals surface area contributed by atoms with Crippen LogP contribution in [0.1, 0.15) is 11.7 Å². The van der Waals surface area contributed by atoms with Crippen molar-refractivity contribution in [2.45, 2.75) is 6.92 Å². The fourth-order valence-corrected chi connectivity index (χ4v) is 0.676. The van der Waals surface area contributed by atoms with E-state index < -0.39 is 16.8 Å². The zero-order valence-electron chi connectivity index (χ0n) is 5.72. The number of hydrogen-bond acceptors (Lipinski definition) is 4. The highest BCUT2D eigenvalue weighted by atomic mass is 16.6. The first-order valence-corrected chi connectivity index (χ1v) is 2.81. The largest absolute Gasteiger partial charge is 0.441 e. The molecule has 11 heavy (non-hydrogen) atoms. The molecule has 0 saturated heterocycles. The van der Waals surface area contributed by atoms with Gasteiger partial charge in [0, 0.05) is 6.92 Å². The molecule has 58 valence electrons. The molecule has 1 aromatic rings. The normalized spacial score (nSPS) is 9.55. The number of carbonyl (C=O) groups is 1. The Bertz CT molecular complexity index is 275. The Balaban J connectivity index is 3.16. The molecule has 0 aliphatic rings. The minimum Gasteiger partial charge on any atom is -0.390 e. The highest BCUT2D eigenvalue weighted by molar-refractivity contribution is 5.77. The predicted octanol–water partition coefficient (Wildman–Crippen LogP) is 0.451. The fourth-order valence-electron chi connectivity index (χ4n) is 0.676. The van der Waals surface area contributed by atoms with Gasteiger partial charge in [-0.05, 0) is 4.92 Å². The van der Waals surface area contributed by atoms with Crippen molar-refractivity contribution in [3.8, 4) is 0 Å². The van der Waals surface area contributed by atoms with Crippen LogP contribution < -0.4 is 0 Å². The molecule has 0 N–H and O–H groups in total. The average molecular weight is 155 g/mol. The van der Waals surface area contributed by atoms with E-state index in [1.54, 1.807) is 0 Å². The summed E-state index contributed by atoms with van der Waals surface area (Å²) in [7, 11) is 0. The lowest BCUT2D eigenvalue weighted by Crippen LogP contribution is -2.08. The Labute approximate surface area is 61.6 Å². The molecule has 0 unspecified atom stereocenters. The van der Waals surface area contributed by atoms with E-state index in [0.29, 0.717) is 0 Å². The van der Waals surface area contributed by atoms with E-state index in [4.69, 9.17) is 0 Å². The maximum Gasteiger partial charge on any atom is 0.441 e. The Morgan fingerprint density at radius 3 is 2.82 bits per heavy atom. The molecule has 6 heteroatoms. The molecular weight excluding hydrogens is 150 g/mol. The first-order valence-electron chi connectivity index (χ1n) is 2.81. The van der Waals surface area contributed by atoms with Crippen LogP contribution in [0.15, 0.2) is 12.4 Å². The van der Waals surface area contributed by atoms with E-state index in [1.807, 2.05) is 0 Å². The van der Waals surface area contributed by atoms with Crippen LogP contribution in [0.3, 0.4) is 0 Å².